The zero-order chi connectivity index (χ0) is 21.1. The Morgan fingerprint density at radius 2 is 1.97 bits per heavy atom. The van der Waals surface area contributed by atoms with Crippen molar-refractivity contribution in [1.29, 1.82) is 0 Å². The number of sulfonamides is 1. The third-order valence-corrected chi connectivity index (χ3v) is 9.61. The topological polar surface area (TPSA) is 95.5 Å². The number of hydroxylamine groups is 1. The molecule has 156 valence electrons. The van der Waals surface area contributed by atoms with Crippen LogP contribution in [0.25, 0.3) is 10.4 Å². The number of rotatable bonds is 5. The van der Waals surface area contributed by atoms with Gasteiger partial charge in [0.25, 0.3) is 15.9 Å². The molecule has 30 heavy (non-hydrogen) atoms. The predicted molar refractivity (Wildman–Crippen MR) is 115 cm³/mol. The molecule has 3 N–H and O–H groups in total. The highest BCUT2D eigenvalue weighted by Gasteiger charge is 2.74. The predicted octanol–water partition coefficient (Wildman–Crippen LogP) is 3.89. The van der Waals surface area contributed by atoms with E-state index in [2.05, 4.69) is 4.72 Å². The normalized spacial score (nSPS) is 27.0. The summed E-state index contributed by atoms with van der Waals surface area (Å²) in [4.78, 5) is 13.4. The van der Waals surface area contributed by atoms with E-state index in [4.69, 9.17) is 11.6 Å². The van der Waals surface area contributed by atoms with Gasteiger partial charge in [0.15, 0.2) is 0 Å². The first-order valence-electron chi connectivity index (χ1n) is 9.59. The first kappa shape index (κ1) is 20.0. The van der Waals surface area contributed by atoms with E-state index in [-0.39, 0.29) is 16.0 Å². The van der Waals surface area contributed by atoms with Crippen LogP contribution in [0.3, 0.4) is 0 Å². The van der Waals surface area contributed by atoms with Gasteiger partial charge in [-0.3, -0.25) is 10.0 Å². The summed E-state index contributed by atoms with van der Waals surface area (Å²) in [5.41, 5.74) is 3.51. The summed E-state index contributed by atoms with van der Waals surface area (Å²) in [5, 5.41) is 9.93. The summed E-state index contributed by atoms with van der Waals surface area (Å²) in [7, 11) is -3.96. The minimum absolute atomic E-state index is 0.121. The molecule has 0 aliphatic heterocycles. The van der Waals surface area contributed by atoms with Gasteiger partial charge in [0.2, 0.25) is 0 Å². The highest BCUT2D eigenvalue weighted by molar-refractivity contribution is 7.91. The minimum atomic E-state index is -3.96. The number of fused-ring (bicyclic) bond motifs is 2. The van der Waals surface area contributed by atoms with Gasteiger partial charge >= 0.3 is 0 Å². The van der Waals surface area contributed by atoms with E-state index in [0.29, 0.717) is 11.4 Å². The molecule has 1 heterocycles. The van der Waals surface area contributed by atoms with Crippen LogP contribution in [0, 0.1) is 11.8 Å². The van der Waals surface area contributed by atoms with Crippen LogP contribution >= 0.6 is 22.9 Å². The van der Waals surface area contributed by atoms with Crippen molar-refractivity contribution in [3.63, 3.8) is 0 Å². The van der Waals surface area contributed by atoms with Gasteiger partial charge in [-0.2, -0.15) is 4.72 Å². The lowest BCUT2D eigenvalue weighted by atomic mass is 9.92. The Kier molecular flexibility index (Phi) is 4.68. The van der Waals surface area contributed by atoms with E-state index >= 15 is 0 Å². The molecule has 6 nitrogen and oxygen atoms in total. The number of hydrogen-bond donors (Lipinski definition) is 3. The van der Waals surface area contributed by atoms with E-state index in [9.17, 15) is 18.4 Å². The van der Waals surface area contributed by atoms with Crippen molar-refractivity contribution >= 4 is 38.9 Å². The van der Waals surface area contributed by atoms with Crippen molar-refractivity contribution in [2.24, 2.45) is 11.8 Å². The molecule has 1 aromatic heterocycles. The number of allylic oxidation sites excluding steroid dienone is 3. The van der Waals surface area contributed by atoms with Crippen molar-refractivity contribution in [3.8, 4) is 10.4 Å². The van der Waals surface area contributed by atoms with E-state index < -0.39 is 21.5 Å². The Labute approximate surface area is 183 Å². The van der Waals surface area contributed by atoms with Gasteiger partial charge in [-0.15, -0.1) is 11.3 Å². The fourth-order valence-corrected chi connectivity index (χ4v) is 7.70. The molecule has 0 radical (unpaired) electrons. The second-order valence-electron chi connectivity index (χ2n) is 7.83. The van der Waals surface area contributed by atoms with Gasteiger partial charge in [0.05, 0.1) is 0 Å². The molecule has 3 atom stereocenters. The third-order valence-electron chi connectivity index (χ3n) is 6.24. The van der Waals surface area contributed by atoms with Gasteiger partial charge in [-0.05, 0) is 54.7 Å². The first-order valence-corrected chi connectivity index (χ1v) is 12.3. The standard InChI is InChI=1S/C21H19ClN2O4S2/c22-14-7-5-12(6-8-14)17-9-10-18(29-17)30(27,28)24-21(20(25)23-26)16-11-13-3-1-2-4-15(13)19(16)21/h2,4-10,16,19,24,26H,1,3,11H2,(H,23,25). The van der Waals surface area contributed by atoms with Crippen molar-refractivity contribution in [2.75, 3.05) is 0 Å². The molecule has 0 spiro atoms. The summed E-state index contributed by atoms with van der Waals surface area (Å²) in [6.45, 7) is 0. The summed E-state index contributed by atoms with van der Waals surface area (Å²) in [5.74, 6) is -1.13. The highest BCUT2D eigenvalue weighted by Crippen LogP contribution is 2.65. The van der Waals surface area contributed by atoms with Gasteiger partial charge in [0.1, 0.15) is 9.75 Å². The lowest BCUT2D eigenvalue weighted by Crippen LogP contribution is -2.51. The van der Waals surface area contributed by atoms with Gasteiger partial charge in [-0.1, -0.05) is 41.5 Å². The molecule has 3 aliphatic carbocycles. The minimum Gasteiger partial charge on any atom is -0.289 e. The fraction of sp³-hybridized carbons (Fsp3) is 0.286. The van der Waals surface area contributed by atoms with Gasteiger partial charge in [-0.25, -0.2) is 13.9 Å². The average molecular weight is 463 g/mol. The number of carbonyl (C=O) groups excluding carboxylic acids is 1. The first-order chi connectivity index (χ1) is 14.4. The number of benzene rings is 1. The maximum absolute atomic E-state index is 13.2. The van der Waals surface area contributed by atoms with Crippen LogP contribution in [-0.2, 0) is 14.8 Å². The molecule has 1 amide bonds. The van der Waals surface area contributed by atoms with Crippen LogP contribution in [0.4, 0.5) is 0 Å². The molecule has 1 saturated carbocycles. The highest BCUT2D eigenvalue weighted by atomic mass is 35.5. The maximum atomic E-state index is 13.2. The fourth-order valence-electron chi connectivity index (χ4n) is 4.83. The smallest absolute Gasteiger partial charge is 0.265 e. The zero-order valence-electron chi connectivity index (χ0n) is 15.8. The third kappa shape index (κ3) is 2.98. The molecule has 0 bridgehead atoms. The zero-order valence-corrected chi connectivity index (χ0v) is 18.2. The van der Waals surface area contributed by atoms with E-state index in [1.165, 1.54) is 11.6 Å². The quantitative estimate of drug-likeness (QED) is 0.464. The molecule has 2 aromatic rings. The van der Waals surface area contributed by atoms with Crippen LogP contribution in [0.15, 0.2) is 63.9 Å². The molecule has 3 unspecified atom stereocenters. The SMILES string of the molecule is O=C(NO)C1(NS(=O)(=O)c2ccc(-c3ccc(Cl)cc3)s2)C2CC3=C(C=CCC3)C21. The van der Waals surface area contributed by atoms with Crippen LogP contribution in [0.1, 0.15) is 19.3 Å². The van der Waals surface area contributed by atoms with Crippen LogP contribution in [0.5, 0.6) is 0 Å². The molecule has 3 aliphatic rings. The Hall–Kier alpha value is -1.97. The number of carbonyl (C=O) groups is 1. The Balaban J connectivity index is 1.45. The molecular weight excluding hydrogens is 444 g/mol. The number of nitrogens with one attached hydrogen (secondary N) is 2. The largest absolute Gasteiger partial charge is 0.289 e. The Bertz CT molecular complexity index is 1200. The Morgan fingerprint density at radius 3 is 2.70 bits per heavy atom. The van der Waals surface area contributed by atoms with Crippen LogP contribution < -0.4 is 10.2 Å². The number of halogens is 1. The lowest BCUT2D eigenvalue weighted by Gasteiger charge is -2.23. The van der Waals surface area contributed by atoms with Gasteiger partial charge < -0.3 is 0 Å². The van der Waals surface area contributed by atoms with Crippen LogP contribution in [0.2, 0.25) is 5.02 Å². The lowest BCUT2D eigenvalue weighted by molar-refractivity contribution is -0.132. The van der Waals surface area contributed by atoms with Crippen LogP contribution in [-0.4, -0.2) is 25.1 Å². The molecule has 5 rings (SSSR count). The molecule has 1 fully saturated rings. The molecule has 9 heteroatoms. The maximum Gasteiger partial charge on any atom is 0.265 e. The Morgan fingerprint density at radius 1 is 1.20 bits per heavy atom. The van der Waals surface area contributed by atoms with E-state index in [0.717, 1.165) is 40.2 Å². The van der Waals surface area contributed by atoms with Crippen molar-refractivity contribution in [3.05, 3.63) is 64.7 Å². The molecular formula is C21H19ClN2O4S2. The number of amides is 1. The second kappa shape index (κ2) is 7.03. The number of hydrogen-bond acceptors (Lipinski definition) is 5. The van der Waals surface area contributed by atoms with E-state index in [1.54, 1.807) is 23.7 Å². The summed E-state index contributed by atoms with van der Waals surface area (Å²) >= 11 is 7.05. The van der Waals surface area contributed by atoms with Crippen molar-refractivity contribution < 1.29 is 18.4 Å². The summed E-state index contributed by atoms with van der Waals surface area (Å²) in [6, 6.07) is 10.4. The summed E-state index contributed by atoms with van der Waals surface area (Å²) < 4.78 is 29.1. The van der Waals surface area contributed by atoms with Gasteiger partial charge in [0, 0.05) is 21.7 Å². The average Bonchev–Trinajstić information content (AvgIpc) is 3.12. The summed E-state index contributed by atoms with van der Waals surface area (Å²) in [6.07, 6.45) is 6.62. The van der Waals surface area contributed by atoms with Crippen molar-refractivity contribution in [1.82, 2.24) is 10.2 Å². The molecule has 0 saturated heterocycles. The monoisotopic (exact) mass is 462 g/mol. The second-order valence-corrected chi connectivity index (χ2v) is 11.3. The van der Waals surface area contributed by atoms with Crippen molar-refractivity contribution in [2.45, 2.75) is 29.0 Å². The van der Waals surface area contributed by atoms with E-state index in [1.807, 2.05) is 24.3 Å². The molecule has 1 aromatic carbocycles. The number of thiophene rings is 1.